The molecule has 0 saturated heterocycles. The number of hydrogen-bond donors (Lipinski definition) is 0. The molecule has 1 aliphatic heterocycles. The number of fused-ring (bicyclic) bond motifs is 3. The van der Waals surface area contributed by atoms with Gasteiger partial charge in [-0.3, -0.25) is 4.98 Å². The van der Waals surface area contributed by atoms with Gasteiger partial charge in [0.1, 0.15) is 0 Å². The molecule has 0 bridgehead atoms. The maximum absolute atomic E-state index is 4.69. The van der Waals surface area contributed by atoms with E-state index in [2.05, 4.69) is 123 Å². The van der Waals surface area contributed by atoms with Gasteiger partial charge in [0, 0.05) is 42.4 Å². The Balaban J connectivity index is 1.53. The predicted octanol–water partition coefficient (Wildman–Crippen LogP) is 8.91. The molecule has 4 aromatic rings. The molecule has 190 valence electrons. The van der Waals surface area contributed by atoms with Gasteiger partial charge in [-0.15, -0.1) is 0 Å². The monoisotopic (exact) mass is 489 g/mol. The predicted molar refractivity (Wildman–Crippen MR) is 156 cm³/mol. The van der Waals surface area contributed by atoms with E-state index in [0.29, 0.717) is 0 Å². The van der Waals surface area contributed by atoms with Gasteiger partial charge >= 0.3 is 0 Å². The molecular weight excluding hydrogens is 448 g/mol. The minimum absolute atomic E-state index is 0.0729. The zero-order chi connectivity index (χ0) is 26.0. The van der Waals surface area contributed by atoms with E-state index in [9.17, 15) is 0 Å². The summed E-state index contributed by atoms with van der Waals surface area (Å²) in [4.78, 5) is 4.69. The fourth-order valence-corrected chi connectivity index (χ4v) is 6.82. The van der Waals surface area contributed by atoms with E-state index >= 15 is 0 Å². The SMILES string of the molecule is CCCCc1ccc(-c2ccc(-c3ccc4c(c3)-c3cccc[n+]3C(CC)(CC)C4(C)CC)cc2)cn1. The molecule has 0 fully saturated rings. The summed E-state index contributed by atoms with van der Waals surface area (Å²) in [6.07, 6.45) is 11.1. The second-order valence-electron chi connectivity index (χ2n) is 10.9. The lowest BCUT2D eigenvalue weighted by Crippen LogP contribution is -2.68. The van der Waals surface area contributed by atoms with Crippen LogP contribution in [-0.2, 0) is 17.4 Å². The maximum Gasteiger partial charge on any atom is 0.213 e. The van der Waals surface area contributed by atoms with Crippen molar-refractivity contribution < 1.29 is 4.57 Å². The van der Waals surface area contributed by atoms with E-state index in [0.717, 1.165) is 25.7 Å². The number of aromatic nitrogens is 2. The van der Waals surface area contributed by atoms with E-state index in [1.54, 1.807) is 0 Å². The third kappa shape index (κ3) is 4.11. The van der Waals surface area contributed by atoms with Crippen molar-refractivity contribution in [3.63, 3.8) is 0 Å². The Hall–Kier alpha value is -3.26. The number of hydrogen-bond acceptors (Lipinski definition) is 1. The first kappa shape index (κ1) is 25.4. The molecule has 0 saturated carbocycles. The molecule has 2 nitrogen and oxygen atoms in total. The van der Waals surface area contributed by atoms with Crippen LogP contribution in [-0.4, -0.2) is 4.98 Å². The van der Waals surface area contributed by atoms with Gasteiger partial charge in [-0.2, -0.15) is 4.57 Å². The van der Waals surface area contributed by atoms with Crippen LogP contribution in [0.4, 0.5) is 0 Å². The van der Waals surface area contributed by atoms with Crippen LogP contribution < -0.4 is 4.57 Å². The molecule has 0 amide bonds. The van der Waals surface area contributed by atoms with Gasteiger partial charge in [-0.05, 0) is 66.6 Å². The molecule has 2 aromatic heterocycles. The van der Waals surface area contributed by atoms with E-state index in [1.807, 2.05) is 6.20 Å². The number of nitrogens with zero attached hydrogens (tertiary/aromatic N) is 2. The summed E-state index contributed by atoms with van der Waals surface area (Å²) in [7, 11) is 0. The van der Waals surface area contributed by atoms with Crippen molar-refractivity contribution in [1.82, 2.24) is 4.98 Å². The van der Waals surface area contributed by atoms with Crippen LogP contribution in [0.2, 0.25) is 0 Å². The van der Waals surface area contributed by atoms with Gasteiger partial charge in [0.05, 0.1) is 11.0 Å². The molecule has 0 radical (unpaired) electrons. The van der Waals surface area contributed by atoms with Crippen molar-refractivity contribution in [2.75, 3.05) is 0 Å². The molecule has 2 aromatic carbocycles. The highest BCUT2D eigenvalue weighted by molar-refractivity contribution is 5.76. The lowest BCUT2D eigenvalue weighted by atomic mass is 9.58. The molecule has 0 aliphatic carbocycles. The molecule has 0 N–H and O–H groups in total. The van der Waals surface area contributed by atoms with Crippen LogP contribution in [0.15, 0.2) is 85.2 Å². The summed E-state index contributed by atoms with van der Waals surface area (Å²) in [5.74, 6) is 0. The standard InChI is InChI=1S/C35H41N2/c1-6-10-13-30-21-19-29(25-36-30)27-17-15-26(16-18-27)28-20-22-32-31(24-28)33-14-11-12-23-37(33)35(8-3,9-4)34(32,5)7-2/h11-12,14-25H,6-10,13H2,1-5H3/q+1. The summed E-state index contributed by atoms with van der Waals surface area (Å²) in [6.45, 7) is 11.8. The molecule has 37 heavy (non-hydrogen) atoms. The first-order valence-electron chi connectivity index (χ1n) is 14.2. The third-order valence-electron chi connectivity index (χ3n) is 9.28. The van der Waals surface area contributed by atoms with Gasteiger partial charge in [0.15, 0.2) is 11.7 Å². The summed E-state index contributed by atoms with van der Waals surface area (Å²) in [5, 5.41) is 0. The van der Waals surface area contributed by atoms with Crippen molar-refractivity contribution in [3.8, 4) is 33.5 Å². The van der Waals surface area contributed by atoms with E-state index < -0.39 is 0 Å². The van der Waals surface area contributed by atoms with Crippen LogP contribution in [0.3, 0.4) is 0 Å². The van der Waals surface area contributed by atoms with Crippen molar-refractivity contribution >= 4 is 0 Å². The topological polar surface area (TPSA) is 16.8 Å². The highest BCUT2D eigenvalue weighted by Gasteiger charge is 2.58. The number of rotatable bonds is 8. The zero-order valence-corrected chi connectivity index (χ0v) is 23.2. The van der Waals surface area contributed by atoms with Crippen molar-refractivity contribution in [2.24, 2.45) is 0 Å². The third-order valence-corrected chi connectivity index (χ3v) is 9.28. The molecule has 1 atom stereocenters. The molecule has 0 spiro atoms. The first-order valence-corrected chi connectivity index (χ1v) is 14.2. The van der Waals surface area contributed by atoms with Crippen LogP contribution in [0.1, 0.15) is 78.0 Å². The minimum atomic E-state index is 0.0729. The molecule has 3 heterocycles. The Morgan fingerprint density at radius 1 is 0.730 bits per heavy atom. The van der Waals surface area contributed by atoms with Gasteiger partial charge in [0.25, 0.3) is 0 Å². The average Bonchev–Trinajstić information content (AvgIpc) is 2.97. The highest BCUT2D eigenvalue weighted by Crippen LogP contribution is 2.51. The van der Waals surface area contributed by atoms with Crippen LogP contribution >= 0.6 is 0 Å². The molecular formula is C35H41N2+. The number of unbranched alkanes of at least 4 members (excludes halogenated alkanes) is 1. The Labute approximate surface area is 223 Å². The second kappa shape index (κ2) is 10.2. The van der Waals surface area contributed by atoms with Crippen molar-refractivity contribution in [1.29, 1.82) is 0 Å². The molecule has 1 unspecified atom stereocenters. The summed E-state index contributed by atoms with van der Waals surface area (Å²) in [5.41, 5.74) is 10.4. The molecule has 2 heteroatoms. The normalized spacial score (nSPS) is 17.8. The molecule has 5 rings (SSSR count). The highest BCUT2D eigenvalue weighted by atomic mass is 15.1. The van der Waals surface area contributed by atoms with Crippen LogP contribution in [0.25, 0.3) is 33.5 Å². The minimum Gasteiger partial charge on any atom is -0.261 e. The second-order valence-corrected chi connectivity index (χ2v) is 10.9. The quantitative estimate of drug-likeness (QED) is 0.226. The fourth-order valence-electron chi connectivity index (χ4n) is 6.82. The number of pyridine rings is 2. The Bertz CT molecular complexity index is 1360. The van der Waals surface area contributed by atoms with Gasteiger partial charge in [-0.1, -0.05) is 76.6 Å². The van der Waals surface area contributed by atoms with Gasteiger partial charge in [-0.25, -0.2) is 0 Å². The molecule has 1 aliphatic rings. The lowest BCUT2D eigenvalue weighted by molar-refractivity contribution is -0.769. The Kier molecular flexibility index (Phi) is 7.03. The summed E-state index contributed by atoms with van der Waals surface area (Å²) < 4.78 is 2.59. The number of aryl methyl sites for hydroxylation is 1. The zero-order valence-electron chi connectivity index (χ0n) is 23.2. The van der Waals surface area contributed by atoms with E-state index in [1.165, 1.54) is 57.6 Å². The van der Waals surface area contributed by atoms with Crippen molar-refractivity contribution in [2.45, 2.75) is 84.1 Å². The fraction of sp³-hybridized carbons (Fsp3) is 0.371. The smallest absolute Gasteiger partial charge is 0.213 e. The van der Waals surface area contributed by atoms with Gasteiger partial charge in [0.2, 0.25) is 5.69 Å². The summed E-state index contributed by atoms with van der Waals surface area (Å²) in [6, 6.07) is 27.2. The van der Waals surface area contributed by atoms with E-state index in [4.69, 9.17) is 0 Å². The van der Waals surface area contributed by atoms with Crippen LogP contribution in [0.5, 0.6) is 0 Å². The Morgan fingerprint density at radius 2 is 1.41 bits per heavy atom. The van der Waals surface area contributed by atoms with Gasteiger partial charge < -0.3 is 0 Å². The van der Waals surface area contributed by atoms with E-state index in [-0.39, 0.29) is 11.0 Å². The van der Waals surface area contributed by atoms with Crippen molar-refractivity contribution in [3.05, 3.63) is 96.4 Å². The average molecular weight is 490 g/mol. The summed E-state index contributed by atoms with van der Waals surface area (Å²) >= 11 is 0. The first-order chi connectivity index (χ1) is 18.0. The lowest BCUT2D eigenvalue weighted by Gasteiger charge is -2.47. The number of benzene rings is 2. The largest absolute Gasteiger partial charge is 0.261 e. The Morgan fingerprint density at radius 3 is 2.03 bits per heavy atom. The van der Waals surface area contributed by atoms with Crippen LogP contribution in [0, 0.1) is 0 Å². The maximum atomic E-state index is 4.69.